The van der Waals surface area contributed by atoms with E-state index >= 15 is 0 Å². The first-order valence-corrected chi connectivity index (χ1v) is 2.61. The van der Waals surface area contributed by atoms with Gasteiger partial charge in [-0.1, -0.05) is 0 Å². The van der Waals surface area contributed by atoms with Gasteiger partial charge in [0.1, 0.15) is 0 Å². The Morgan fingerprint density at radius 2 is 1.46 bits per heavy atom. The molecule has 1 heterocycles. The number of alkyl halides is 4. The summed E-state index contributed by atoms with van der Waals surface area (Å²) >= 11 is 0. The predicted octanol–water partition coefficient (Wildman–Crippen LogP) is 2.22. The summed E-state index contributed by atoms with van der Waals surface area (Å²) in [6.45, 7) is 0. The van der Waals surface area contributed by atoms with E-state index in [4.69, 9.17) is 0 Å². The van der Waals surface area contributed by atoms with Crippen molar-refractivity contribution in [1.82, 2.24) is 0 Å². The standard InChI is InChI=1S/C4F6O3/c5-1-2(6)12-4(10,11-1)13-3(7,8)9. The normalized spacial score (nSPS) is 21.4. The van der Waals surface area contributed by atoms with Gasteiger partial charge in [-0.3, -0.25) is 0 Å². The molecule has 0 fully saturated rings. The van der Waals surface area contributed by atoms with Gasteiger partial charge >= 0.3 is 24.6 Å². The molecule has 0 atom stereocenters. The fourth-order valence-corrected chi connectivity index (χ4v) is 0.495. The van der Waals surface area contributed by atoms with Crippen LogP contribution in [0.25, 0.3) is 0 Å². The van der Waals surface area contributed by atoms with Crippen LogP contribution < -0.4 is 0 Å². The van der Waals surface area contributed by atoms with Crippen LogP contribution in [0.5, 0.6) is 0 Å². The maximum absolute atomic E-state index is 12.4. The van der Waals surface area contributed by atoms with Crippen LogP contribution in [0.2, 0.25) is 0 Å². The highest BCUT2D eigenvalue weighted by Crippen LogP contribution is 2.38. The average Bonchev–Trinajstić information content (AvgIpc) is 2.00. The van der Waals surface area contributed by atoms with E-state index in [-0.39, 0.29) is 0 Å². The van der Waals surface area contributed by atoms with Crippen LogP contribution in [0, 0.1) is 0 Å². The predicted molar refractivity (Wildman–Crippen MR) is 22.4 cm³/mol. The molecule has 0 saturated carbocycles. The second-order valence-electron chi connectivity index (χ2n) is 1.78. The smallest absolute Gasteiger partial charge is 0.370 e. The van der Waals surface area contributed by atoms with Crippen molar-refractivity contribution in [1.29, 1.82) is 0 Å². The maximum atomic E-state index is 12.4. The molecule has 1 aliphatic rings. The Kier molecular flexibility index (Phi) is 2.06. The average molecular weight is 210 g/mol. The Labute approximate surface area is 66.5 Å². The Morgan fingerprint density at radius 1 is 1.08 bits per heavy atom. The van der Waals surface area contributed by atoms with Gasteiger partial charge < -0.3 is 9.47 Å². The van der Waals surface area contributed by atoms with Crippen LogP contribution in [0.4, 0.5) is 26.3 Å². The summed E-state index contributed by atoms with van der Waals surface area (Å²) < 4.78 is 78.7. The van der Waals surface area contributed by atoms with Crippen molar-refractivity contribution < 1.29 is 40.6 Å². The third-order valence-electron chi connectivity index (χ3n) is 0.815. The van der Waals surface area contributed by atoms with Gasteiger partial charge in [-0.25, -0.2) is 0 Å². The fourth-order valence-electron chi connectivity index (χ4n) is 0.495. The van der Waals surface area contributed by atoms with Crippen LogP contribution in [0.15, 0.2) is 12.0 Å². The van der Waals surface area contributed by atoms with E-state index in [2.05, 4.69) is 14.2 Å². The summed E-state index contributed by atoms with van der Waals surface area (Å²) in [6.07, 6.45) is -9.81. The van der Waals surface area contributed by atoms with Crippen LogP contribution >= 0.6 is 0 Å². The van der Waals surface area contributed by atoms with Gasteiger partial charge in [0.05, 0.1) is 0 Å². The van der Waals surface area contributed by atoms with E-state index in [0.717, 1.165) is 0 Å². The summed E-state index contributed by atoms with van der Waals surface area (Å²) in [6, 6.07) is -4.52. The van der Waals surface area contributed by atoms with Crippen LogP contribution in [-0.4, -0.2) is 12.6 Å². The molecule has 0 bridgehead atoms. The van der Waals surface area contributed by atoms with Crippen molar-refractivity contribution in [3.63, 3.8) is 0 Å². The third-order valence-corrected chi connectivity index (χ3v) is 0.815. The van der Waals surface area contributed by atoms with Crippen LogP contribution in [-0.2, 0) is 14.2 Å². The van der Waals surface area contributed by atoms with E-state index in [0.29, 0.717) is 0 Å². The largest absolute Gasteiger partial charge is 0.558 e. The molecule has 0 N–H and O–H groups in total. The number of hydrogen-bond donors (Lipinski definition) is 0. The molecule has 0 aromatic carbocycles. The highest BCUT2D eigenvalue weighted by Gasteiger charge is 2.55. The van der Waals surface area contributed by atoms with Gasteiger partial charge in [0, 0.05) is 0 Å². The lowest BCUT2D eigenvalue weighted by atomic mass is 11.0. The zero-order valence-electron chi connectivity index (χ0n) is 5.49. The molecule has 3 nitrogen and oxygen atoms in total. The van der Waals surface area contributed by atoms with Crippen molar-refractivity contribution >= 4 is 0 Å². The first kappa shape index (κ1) is 9.96. The van der Waals surface area contributed by atoms with Gasteiger partial charge in [0.2, 0.25) is 0 Å². The van der Waals surface area contributed by atoms with Crippen molar-refractivity contribution in [2.24, 2.45) is 0 Å². The van der Waals surface area contributed by atoms with E-state index in [1.807, 2.05) is 0 Å². The van der Waals surface area contributed by atoms with Gasteiger partial charge in [-0.15, -0.1) is 17.6 Å². The fraction of sp³-hybridized carbons (Fsp3) is 0.500. The van der Waals surface area contributed by atoms with Gasteiger partial charge in [0.15, 0.2) is 0 Å². The molecular weight excluding hydrogens is 210 g/mol. The zero-order valence-corrected chi connectivity index (χ0v) is 5.49. The number of rotatable bonds is 1. The topological polar surface area (TPSA) is 27.7 Å². The van der Waals surface area contributed by atoms with Crippen LogP contribution in [0.1, 0.15) is 0 Å². The lowest BCUT2D eigenvalue weighted by Gasteiger charge is -2.17. The van der Waals surface area contributed by atoms with Crippen molar-refractivity contribution in [2.45, 2.75) is 12.6 Å². The molecule has 13 heavy (non-hydrogen) atoms. The minimum absolute atomic E-state index is 2.26. The Morgan fingerprint density at radius 3 is 1.77 bits per heavy atom. The molecule has 0 radical (unpaired) electrons. The molecule has 1 rings (SSSR count). The molecule has 0 amide bonds. The molecule has 0 unspecified atom stereocenters. The number of halogens is 6. The van der Waals surface area contributed by atoms with Crippen molar-refractivity contribution in [3.8, 4) is 0 Å². The van der Waals surface area contributed by atoms with Gasteiger partial charge in [0.25, 0.3) is 0 Å². The maximum Gasteiger partial charge on any atom is 0.558 e. The van der Waals surface area contributed by atoms with E-state index in [1.165, 1.54) is 0 Å². The SMILES string of the molecule is FC1=C(F)OC(F)(OC(F)(F)F)O1. The van der Waals surface area contributed by atoms with E-state index in [1.54, 1.807) is 0 Å². The summed E-state index contributed by atoms with van der Waals surface area (Å²) in [5.74, 6) is 0. The van der Waals surface area contributed by atoms with E-state index in [9.17, 15) is 26.3 Å². The summed E-state index contributed by atoms with van der Waals surface area (Å²) in [4.78, 5) is 0. The van der Waals surface area contributed by atoms with Gasteiger partial charge in [-0.05, 0) is 0 Å². The molecule has 1 aliphatic heterocycles. The Bertz CT molecular complexity index is 231. The number of hydrogen-bond acceptors (Lipinski definition) is 3. The zero-order chi connectivity index (χ0) is 10.3. The number of ether oxygens (including phenoxy) is 3. The quantitative estimate of drug-likeness (QED) is 0.621. The molecule has 9 heteroatoms. The minimum Gasteiger partial charge on any atom is -0.370 e. The highest BCUT2D eigenvalue weighted by atomic mass is 19.4. The third kappa shape index (κ3) is 2.41. The summed E-state index contributed by atoms with van der Waals surface area (Å²) in [7, 11) is 0. The Balaban J connectivity index is 2.64. The van der Waals surface area contributed by atoms with Crippen molar-refractivity contribution in [3.05, 3.63) is 12.0 Å². The molecule has 0 aromatic rings. The lowest BCUT2D eigenvalue weighted by molar-refractivity contribution is -0.508. The second-order valence-corrected chi connectivity index (χ2v) is 1.78. The molecule has 0 aliphatic carbocycles. The first-order valence-electron chi connectivity index (χ1n) is 2.61. The molecule has 0 aromatic heterocycles. The monoisotopic (exact) mass is 210 g/mol. The second kappa shape index (κ2) is 2.69. The molecular formula is C4F6O3. The summed E-state index contributed by atoms with van der Waals surface area (Å²) in [5, 5.41) is 0. The molecule has 0 saturated heterocycles. The molecule has 76 valence electrons. The highest BCUT2D eigenvalue weighted by molar-refractivity contribution is 4.89. The lowest BCUT2D eigenvalue weighted by Crippen LogP contribution is -2.35. The van der Waals surface area contributed by atoms with Crippen molar-refractivity contribution in [2.75, 3.05) is 0 Å². The molecule has 0 spiro atoms. The minimum atomic E-state index is -5.49. The Hall–Kier alpha value is -1.12. The van der Waals surface area contributed by atoms with Crippen LogP contribution in [0.3, 0.4) is 0 Å². The van der Waals surface area contributed by atoms with E-state index < -0.39 is 24.6 Å². The van der Waals surface area contributed by atoms with Gasteiger partial charge in [-0.2, -0.15) is 13.5 Å². The summed E-state index contributed by atoms with van der Waals surface area (Å²) in [5.41, 5.74) is 0. The first-order chi connectivity index (χ1) is 5.72.